The maximum atomic E-state index is 11.7. The summed E-state index contributed by atoms with van der Waals surface area (Å²) in [6.07, 6.45) is 1.63. The van der Waals surface area contributed by atoms with Gasteiger partial charge in [-0.3, -0.25) is 4.79 Å². The molecule has 142 valence electrons. The quantitative estimate of drug-likeness (QED) is 0.431. The lowest BCUT2D eigenvalue weighted by Crippen LogP contribution is -2.15. The van der Waals surface area contributed by atoms with Gasteiger partial charge in [0.15, 0.2) is 0 Å². The summed E-state index contributed by atoms with van der Waals surface area (Å²) in [4.78, 5) is 15.9. The minimum absolute atomic E-state index is 0.0111. The van der Waals surface area contributed by atoms with Crippen molar-refractivity contribution >= 4 is 23.5 Å². The molecule has 28 heavy (non-hydrogen) atoms. The van der Waals surface area contributed by atoms with Crippen LogP contribution in [0.25, 0.3) is 11.1 Å². The molecule has 0 aliphatic carbocycles. The molecular formula is C20H18N4O3S. The van der Waals surface area contributed by atoms with Gasteiger partial charge in [-0.1, -0.05) is 36.5 Å². The van der Waals surface area contributed by atoms with E-state index in [9.17, 15) is 15.3 Å². The summed E-state index contributed by atoms with van der Waals surface area (Å²) in [5.41, 5.74) is 7.22. The van der Waals surface area contributed by atoms with Crippen LogP contribution >= 0.6 is 11.8 Å². The molecule has 0 saturated carbocycles. The van der Waals surface area contributed by atoms with Gasteiger partial charge in [0.05, 0.1) is 12.7 Å². The molecule has 0 spiro atoms. The molecule has 1 atom stereocenters. The lowest BCUT2D eigenvalue weighted by molar-refractivity contribution is -0.139. The Morgan fingerprint density at radius 1 is 1.32 bits per heavy atom. The molecule has 1 unspecified atom stereocenters. The summed E-state index contributed by atoms with van der Waals surface area (Å²) >= 11 is 1.05. The average molecular weight is 394 g/mol. The van der Waals surface area contributed by atoms with Crippen LogP contribution in [0.5, 0.6) is 5.75 Å². The van der Waals surface area contributed by atoms with E-state index in [4.69, 9.17) is 15.2 Å². The van der Waals surface area contributed by atoms with Gasteiger partial charge in [0.2, 0.25) is 0 Å². The fourth-order valence-corrected chi connectivity index (χ4v) is 3.37. The Bertz CT molecular complexity index is 975. The molecule has 0 radical (unpaired) electrons. The number of methoxy groups -OCH3 is 1. The molecule has 8 heteroatoms. The van der Waals surface area contributed by atoms with Crippen LogP contribution in [0.1, 0.15) is 18.1 Å². The maximum absolute atomic E-state index is 11.7. The molecule has 0 bridgehead atoms. The van der Waals surface area contributed by atoms with E-state index < -0.39 is 11.2 Å². The highest BCUT2D eigenvalue weighted by atomic mass is 32.2. The summed E-state index contributed by atoms with van der Waals surface area (Å²) in [6, 6.07) is 11.0. The van der Waals surface area contributed by atoms with Crippen molar-refractivity contribution in [1.82, 2.24) is 4.98 Å². The predicted molar refractivity (Wildman–Crippen MR) is 107 cm³/mol. The van der Waals surface area contributed by atoms with Gasteiger partial charge in [-0.15, -0.1) is 0 Å². The number of anilines is 1. The van der Waals surface area contributed by atoms with E-state index in [2.05, 4.69) is 17.6 Å². The van der Waals surface area contributed by atoms with Crippen molar-refractivity contribution in [2.45, 2.75) is 17.2 Å². The van der Waals surface area contributed by atoms with Gasteiger partial charge >= 0.3 is 5.97 Å². The Morgan fingerprint density at radius 3 is 2.50 bits per heavy atom. The molecule has 0 aliphatic heterocycles. The standard InChI is InChI=1S/C20H18N4O3S/c1-4-9-27-14-7-5-13(6-8-14)17-15(10-21)18(23)24-19(16(17)11-22)28-12(2)20(25)26-3/h4-8,12H,1,9H2,2-3H3,(H2,23,24). The number of hydrogen-bond acceptors (Lipinski definition) is 8. The van der Waals surface area contributed by atoms with Crippen molar-refractivity contribution in [2.24, 2.45) is 0 Å². The Balaban J connectivity index is 2.59. The maximum Gasteiger partial charge on any atom is 0.318 e. The smallest absolute Gasteiger partial charge is 0.318 e. The minimum Gasteiger partial charge on any atom is -0.490 e. The van der Waals surface area contributed by atoms with E-state index in [-0.39, 0.29) is 22.0 Å². The number of nitriles is 2. The summed E-state index contributed by atoms with van der Waals surface area (Å²) in [6.45, 7) is 5.59. The third kappa shape index (κ3) is 4.43. The number of nitrogens with zero attached hydrogens (tertiary/aromatic N) is 3. The van der Waals surface area contributed by atoms with Crippen molar-refractivity contribution < 1.29 is 14.3 Å². The van der Waals surface area contributed by atoms with Gasteiger partial charge in [0.25, 0.3) is 0 Å². The third-order valence-electron chi connectivity index (χ3n) is 3.75. The Hall–Kier alpha value is -3.49. The highest BCUT2D eigenvalue weighted by Gasteiger charge is 2.24. The number of ether oxygens (including phenoxy) is 2. The van der Waals surface area contributed by atoms with Crippen LogP contribution in [0, 0.1) is 22.7 Å². The van der Waals surface area contributed by atoms with Gasteiger partial charge in [-0.25, -0.2) is 4.98 Å². The number of thioether (sulfide) groups is 1. The number of rotatable bonds is 7. The number of hydrogen-bond donors (Lipinski definition) is 1. The molecule has 0 amide bonds. The topological polar surface area (TPSA) is 122 Å². The summed E-state index contributed by atoms with van der Waals surface area (Å²) in [5, 5.41) is 19.0. The highest BCUT2D eigenvalue weighted by Crippen LogP contribution is 2.37. The first-order valence-electron chi connectivity index (χ1n) is 8.19. The van der Waals surface area contributed by atoms with E-state index >= 15 is 0 Å². The number of aromatic nitrogens is 1. The molecule has 1 aromatic heterocycles. The van der Waals surface area contributed by atoms with Crippen LogP contribution in [0.15, 0.2) is 41.9 Å². The number of nitrogen functional groups attached to an aromatic ring is 1. The fourth-order valence-electron chi connectivity index (χ4n) is 2.43. The second-order valence-corrected chi connectivity index (χ2v) is 6.89. The zero-order chi connectivity index (χ0) is 20.7. The molecule has 1 aromatic carbocycles. The summed E-state index contributed by atoms with van der Waals surface area (Å²) in [5.74, 6) is 0.156. The molecule has 0 fully saturated rings. The van der Waals surface area contributed by atoms with Gasteiger partial charge in [0.1, 0.15) is 46.2 Å². The summed E-state index contributed by atoms with van der Waals surface area (Å²) < 4.78 is 10.2. The Labute approximate surface area is 167 Å². The zero-order valence-corrected chi connectivity index (χ0v) is 16.2. The number of carbonyl (C=O) groups is 1. The van der Waals surface area contributed by atoms with Crippen LogP contribution in [-0.4, -0.2) is 29.9 Å². The van der Waals surface area contributed by atoms with E-state index in [0.717, 1.165) is 11.8 Å². The average Bonchev–Trinajstić information content (AvgIpc) is 2.71. The Morgan fingerprint density at radius 2 is 1.96 bits per heavy atom. The van der Waals surface area contributed by atoms with Crippen molar-refractivity contribution in [3.63, 3.8) is 0 Å². The largest absolute Gasteiger partial charge is 0.490 e. The predicted octanol–water partition coefficient (Wildman–Crippen LogP) is 3.29. The molecule has 2 N–H and O–H groups in total. The zero-order valence-electron chi connectivity index (χ0n) is 15.4. The lowest BCUT2D eigenvalue weighted by atomic mass is 9.97. The monoisotopic (exact) mass is 394 g/mol. The summed E-state index contributed by atoms with van der Waals surface area (Å²) in [7, 11) is 1.28. The van der Waals surface area contributed by atoms with Crippen molar-refractivity contribution in [3.05, 3.63) is 48.0 Å². The van der Waals surface area contributed by atoms with E-state index in [0.29, 0.717) is 23.5 Å². The van der Waals surface area contributed by atoms with Crippen LogP contribution in [0.3, 0.4) is 0 Å². The first-order valence-corrected chi connectivity index (χ1v) is 9.07. The number of carbonyl (C=O) groups excluding carboxylic acids is 1. The Kier molecular flexibility index (Phi) is 7.02. The molecule has 2 rings (SSSR count). The van der Waals surface area contributed by atoms with E-state index in [1.54, 1.807) is 37.3 Å². The molecule has 7 nitrogen and oxygen atoms in total. The minimum atomic E-state index is -0.598. The van der Waals surface area contributed by atoms with Crippen LogP contribution < -0.4 is 10.5 Å². The molecular weight excluding hydrogens is 376 g/mol. The number of esters is 1. The van der Waals surface area contributed by atoms with Crippen LogP contribution in [0.2, 0.25) is 0 Å². The number of pyridine rings is 1. The highest BCUT2D eigenvalue weighted by molar-refractivity contribution is 8.00. The second kappa shape index (κ2) is 9.45. The normalized spacial score (nSPS) is 11.0. The second-order valence-electron chi connectivity index (χ2n) is 5.56. The fraction of sp³-hybridized carbons (Fsp3) is 0.200. The number of nitrogens with two attached hydrogens (primary N) is 1. The van der Waals surface area contributed by atoms with Crippen LogP contribution in [0.4, 0.5) is 5.82 Å². The lowest BCUT2D eigenvalue weighted by Gasteiger charge is -2.15. The van der Waals surface area contributed by atoms with Crippen molar-refractivity contribution in [2.75, 3.05) is 19.5 Å². The van der Waals surface area contributed by atoms with Gasteiger partial charge in [-0.2, -0.15) is 10.5 Å². The van der Waals surface area contributed by atoms with Gasteiger partial charge in [-0.05, 0) is 24.6 Å². The first-order chi connectivity index (χ1) is 13.5. The molecule has 1 heterocycles. The molecule has 0 saturated heterocycles. The van der Waals surface area contributed by atoms with Crippen molar-refractivity contribution in [3.8, 4) is 29.0 Å². The van der Waals surface area contributed by atoms with E-state index in [1.807, 2.05) is 6.07 Å². The van der Waals surface area contributed by atoms with Crippen LogP contribution in [-0.2, 0) is 9.53 Å². The van der Waals surface area contributed by atoms with E-state index in [1.165, 1.54) is 7.11 Å². The first kappa shape index (κ1) is 20.8. The van der Waals surface area contributed by atoms with Gasteiger partial charge in [0, 0.05) is 5.56 Å². The van der Waals surface area contributed by atoms with Crippen molar-refractivity contribution in [1.29, 1.82) is 10.5 Å². The third-order valence-corrected chi connectivity index (χ3v) is 4.81. The molecule has 0 aliphatic rings. The van der Waals surface area contributed by atoms with Gasteiger partial charge < -0.3 is 15.2 Å². The number of benzene rings is 1. The molecule has 2 aromatic rings. The SMILES string of the molecule is C=CCOc1ccc(-c2c(C#N)c(N)nc(SC(C)C(=O)OC)c2C#N)cc1.